The predicted octanol–water partition coefficient (Wildman–Crippen LogP) is 4.58. The van der Waals surface area contributed by atoms with Crippen LogP contribution in [0.25, 0.3) is 11.3 Å². The zero-order chi connectivity index (χ0) is 17.8. The highest BCUT2D eigenvalue weighted by Gasteiger charge is 2.10. The molecule has 0 saturated heterocycles. The average molecular weight is 356 g/mol. The van der Waals surface area contributed by atoms with Crippen LogP contribution in [0.5, 0.6) is 0 Å². The Morgan fingerprint density at radius 1 is 1.12 bits per heavy atom. The summed E-state index contributed by atoms with van der Waals surface area (Å²) in [6.45, 7) is 1.82. The van der Waals surface area contributed by atoms with Crippen molar-refractivity contribution in [1.82, 2.24) is 0 Å². The number of aliphatic hydroxyl groups excluding tert-OH is 1. The summed E-state index contributed by atoms with van der Waals surface area (Å²) in [4.78, 5) is 12.2. The fourth-order valence-electron chi connectivity index (χ4n) is 2.62. The van der Waals surface area contributed by atoms with E-state index in [2.05, 4.69) is 5.32 Å². The Bertz CT molecular complexity index is 884. The van der Waals surface area contributed by atoms with Crippen LogP contribution in [0.4, 0.5) is 5.69 Å². The van der Waals surface area contributed by atoms with Crippen molar-refractivity contribution in [3.05, 3.63) is 76.5 Å². The van der Waals surface area contributed by atoms with Crippen LogP contribution in [-0.4, -0.2) is 11.0 Å². The number of aliphatic hydroxyl groups is 1. The van der Waals surface area contributed by atoms with Crippen LogP contribution < -0.4 is 5.32 Å². The van der Waals surface area contributed by atoms with Crippen molar-refractivity contribution >= 4 is 23.2 Å². The molecule has 25 heavy (non-hydrogen) atoms. The van der Waals surface area contributed by atoms with E-state index in [4.69, 9.17) is 21.1 Å². The van der Waals surface area contributed by atoms with Gasteiger partial charge >= 0.3 is 0 Å². The third-order valence-electron chi connectivity index (χ3n) is 3.87. The summed E-state index contributed by atoms with van der Waals surface area (Å²) in [6, 6.07) is 16.4. The lowest BCUT2D eigenvalue weighted by Gasteiger charge is -2.09. The SMILES string of the molecule is Cc1cc(NC(=O)Cc2ccc(Cl)cc2)ccc1-c1ccc(CO)o1. The van der Waals surface area contributed by atoms with Crippen LogP contribution in [-0.2, 0) is 17.8 Å². The van der Waals surface area contributed by atoms with Gasteiger partial charge in [0.2, 0.25) is 5.91 Å². The van der Waals surface area contributed by atoms with Crippen molar-refractivity contribution < 1.29 is 14.3 Å². The van der Waals surface area contributed by atoms with Gasteiger partial charge in [-0.1, -0.05) is 23.7 Å². The molecule has 4 nitrogen and oxygen atoms in total. The molecule has 1 aromatic heterocycles. The molecule has 2 N–H and O–H groups in total. The maximum atomic E-state index is 12.2. The van der Waals surface area contributed by atoms with Gasteiger partial charge in [-0.15, -0.1) is 0 Å². The first kappa shape index (κ1) is 17.3. The van der Waals surface area contributed by atoms with Crippen molar-refractivity contribution in [1.29, 1.82) is 0 Å². The van der Waals surface area contributed by atoms with Gasteiger partial charge in [-0.25, -0.2) is 0 Å². The number of benzene rings is 2. The number of hydrogen-bond donors (Lipinski definition) is 2. The van der Waals surface area contributed by atoms with Crippen LogP contribution in [0.3, 0.4) is 0 Å². The van der Waals surface area contributed by atoms with E-state index in [0.717, 1.165) is 22.4 Å². The van der Waals surface area contributed by atoms with E-state index in [1.165, 1.54) is 0 Å². The molecule has 0 bridgehead atoms. The highest BCUT2D eigenvalue weighted by molar-refractivity contribution is 6.30. The number of rotatable bonds is 5. The molecule has 0 atom stereocenters. The molecule has 0 unspecified atom stereocenters. The summed E-state index contributed by atoms with van der Waals surface area (Å²) >= 11 is 5.85. The first-order chi connectivity index (χ1) is 12.0. The van der Waals surface area contributed by atoms with E-state index in [0.29, 0.717) is 16.5 Å². The fraction of sp³-hybridized carbons (Fsp3) is 0.150. The molecule has 1 heterocycles. The Hall–Kier alpha value is -2.56. The van der Waals surface area contributed by atoms with Crippen LogP contribution in [0, 0.1) is 6.92 Å². The zero-order valence-corrected chi connectivity index (χ0v) is 14.5. The van der Waals surface area contributed by atoms with E-state index in [1.54, 1.807) is 18.2 Å². The first-order valence-electron chi connectivity index (χ1n) is 7.90. The number of furan rings is 1. The second-order valence-electron chi connectivity index (χ2n) is 5.81. The smallest absolute Gasteiger partial charge is 0.228 e. The maximum absolute atomic E-state index is 12.2. The summed E-state index contributed by atoms with van der Waals surface area (Å²) in [6.07, 6.45) is 0.288. The summed E-state index contributed by atoms with van der Waals surface area (Å²) in [7, 11) is 0. The third kappa shape index (κ3) is 4.29. The normalized spacial score (nSPS) is 10.7. The predicted molar refractivity (Wildman–Crippen MR) is 98.6 cm³/mol. The molecule has 5 heteroatoms. The third-order valence-corrected chi connectivity index (χ3v) is 4.12. The highest BCUT2D eigenvalue weighted by atomic mass is 35.5. The van der Waals surface area contributed by atoms with Crippen molar-refractivity contribution in [2.45, 2.75) is 20.0 Å². The van der Waals surface area contributed by atoms with Crippen LogP contribution in [0.1, 0.15) is 16.9 Å². The minimum absolute atomic E-state index is 0.0879. The summed E-state index contributed by atoms with van der Waals surface area (Å²) in [5.74, 6) is 1.13. The number of anilines is 1. The molecule has 128 valence electrons. The van der Waals surface area contributed by atoms with Crippen molar-refractivity contribution in [3.8, 4) is 11.3 Å². The van der Waals surface area contributed by atoms with Crippen LogP contribution >= 0.6 is 11.6 Å². The molecule has 0 radical (unpaired) electrons. The van der Waals surface area contributed by atoms with Gasteiger partial charge in [0.05, 0.1) is 6.42 Å². The number of halogens is 1. The van der Waals surface area contributed by atoms with E-state index in [1.807, 2.05) is 43.3 Å². The molecule has 0 aliphatic rings. The molecule has 3 aromatic rings. The van der Waals surface area contributed by atoms with Crippen molar-refractivity contribution in [3.63, 3.8) is 0 Å². The number of amides is 1. The average Bonchev–Trinajstić information content (AvgIpc) is 3.06. The fourth-order valence-corrected chi connectivity index (χ4v) is 2.74. The lowest BCUT2D eigenvalue weighted by Crippen LogP contribution is -2.14. The quantitative estimate of drug-likeness (QED) is 0.704. The second kappa shape index (κ2) is 7.55. The van der Waals surface area contributed by atoms with Gasteiger partial charge in [-0.2, -0.15) is 0 Å². The highest BCUT2D eigenvalue weighted by Crippen LogP contribution is 2.28. The molecule has 0 saturated carbocycles. The maximum Gasteiger partial charge on any atom is 0.228 e. The number of nitrogens with one attached hydrogen (secondary N) is 1. The Morgan fingerprint density at radius 2 is 1.88 bits per heavy atom. The Balaban J connectivity index is 1.69. The zero-order valence-electron chi connectivity index (χ0n) is 13.8. The van der Waals surface area contributed by atoms with E-state index in [9.17, 15) is 4.79 Å². The molecular formula is C20H18ClNO3. The number of hydrogen-bond acceptors (Lipinski definition) is 3. The van der Waals surface area contributed by atoms with Gasteiger partial charge in [-0.3, -0.25) is 4.79 Å². The monoisotopic (exact) mass is 355 g/mol. The molecule has 0 aliphatic heterocycles. The van der Waals surface area contributed by atoms with Gasteiger partial charge in [0.15, 0.2) is 0 Å². The molecule has 3 rings (SSSR count). The Labute approximate surface area is 151 Å². The lowest BCUT2D eigenvalue weighted by atomic mass is 10.1. The Kier molecular flexibility index (Phi) is 5.22. The van der Waals surface area contributed by atoms with Gasteiger partial charge in [0.25, 0.3) is 0 Å². The first-order valence-corrected chi connectivity index (χ1v) is 8.28. The van der Waals surface area contributed by atoms with Gasteiger partial charge in [0, 0.05) is 16.3 Å². The molecule has 1 amide bonds. The molecule has 2 aromatic carbocycles. The second-order valence-corrected chi connectivity index (χ2v) is 6.24. The molecule has 0 fully saturated rings. The number of carbonyl (C=O) groups is 1. The van der Waals surface area contributed by atoms with E-state index >= 15 is 0 Å². The summed E-state index contributed by atoms with van der Waals surface area (Å²) in [5.41, 5.74) is 3.54. The van der Waals surface area contributed by atoms with Gasteiger partial charge in [0.1, 0.15) is 18.1 Å². The van der Waals surface area contributed by atoms with E-state index in [-0.39, 0.29) is 18.9 Å². The molecular weight excluding hydrogens is 338 g/mol. The van der Waals surface area contributed by atoms with Gasteiger partial charge in [-0.05, 0) is 60.5 Å². The molecule has 0 aliphatic carbocycles. The topological polar surface area (TPSA) is 62.5 Å². The summed E-state index contributed by atoms with van der Waals surface area (Å²) in [5, 5.41) is 12.6. The minimum atomic E-state index is -0.127. The van der Waals surface area contributed by atoms with Crippen molar-refractivity contribution in [2.75, 3.05) is 5.32 Å². The van der Waals surface area contributed by atoms with Gasteiger partial charge < -0.3 is 14.8 Å². The van der Waals surface area contributed by atoms with Crippen LogP contribution in [0.15, 0.2) is 59.0 Å². The number of carbonyl (C=O) groups excluding carboxylic acids is 1. The van der Waals surface area contributed by atoms with Crippen molar-refractivity contribution in [2.24, 2.45) is 0 Å². The molecule has 0 spiro atoms. The number of aryl methyl sites for hydroxylation is 1. The Morgan fingerprint density at radius 3 is 2.52 bits per heavy atom. The lowest BCUT2D eigenvalue weighted by molar-refractivity contribution is -0.115. The van der Waals surface area contributed by atoms with E-state index < -0.39 is 0 Å². The standard InChI is InChI=1S/C20H18ClNO3/c1-13-10-16(6-8-18(13)19-9-7-17(12-23)25-19)22-20(24)11-14-2-4-15(21)5-3-14/h2-10,23H,11-12H2,1H3,(H,22,24). The summed E-state index contributed by atoms with van der Waals surface area (Å²) < 4.78 is 5.56. The van der Waals surface area contributed by atoms with Crippen LogP contribution in [0.2, 0.25) is 5.02 Å². The minimum Gasteiger partial charge on any atom is -0.459 e. The largest absolute Gasteiger partial charge is 0.459 e.